The summed E-state index contributed by atoms with van der Waals surface area (Å²) in [5, 5.41) is 27.7. The first kappa shape index (κ1) is 30.4. The standard InChI is InChI=1S/C26H39N5O3.CH3N/c1-6-7-8-21(19(2)32)9-10-23(24(27)28)22-17-29-31(18-22)16-13-20-11-14-30(15-12-20)25(33)34-26(3,4)5;1-2/h6-8,10,17-18,20,32H,2,9,11-16H2,1,3-5H3,(H3,27,28);2H,1H2/b7-6-,21-8-,23-10-;. The molecular weight excluding hydrogens is 456 g/mol. The average molecular weight is 499 g/mol. The molecule has 1 amide bonds. The molecule has 1 saturated heterocycles. The summed E-state index contributed by atoms with van der Waals surface area (Å²) in [5.41, 5.74) is 7.34. The van der Waals surface area contributed by atoms with E-state index in [9.17, 15) is 9.90 Å². The number of aliphatic hydroxyl groups is 1. The van der Waals surface area contributed by atoms with Crippen LogP contribution in [0.2, 0.25) is 0 Å². The predicted octanol–water partition coefficient (Wildman–Crippen LogP) is 5.47. The first-order chi connectivity index (χ1) is 17.0. The van der Waals surface area contributed by atoms with Gasteiger partial charge in [-0.3, -0.25) is 10.1 Å². The summed E-state index contributed by atoms with van der Waals surface area (Å²) in [6.07, 6.45) is 13.9. The molecule has 1 aromatic rings. The van der Waals surface area contributed by atoms with Gasteiger partial charge in [0.25, 0.3) is 0 Å². The van der Waals surface area contributed by atoms with Crippen LogP contribution in [-0.4, -0.2) is 57.1 Å². The van der Waals surface area contributed by atoms with Crippen LogP contribution in [-0.2, 0) is 11.3 Å². The lowest BCUT2D eigenvalue weighted by Crippen LogP contribution is -2.41. The van der Waals surface area contributed by atoms with Gasteiger partial charge in [-0.2, -0.15) is 5.10 Å². The molecule has 2 heterocycles. The average Bonchev–Trinajstić information content (AvgIpc) is 3.28. The number of nitrogens with zero attached hydrogens (tertiary/aromatic N) is 3. The number of hydrogen-bond donors (Lipinski definition) is 4. The molecule has 9 heteroatoms. The smallest absolute Gasteiger partial charge is 0.410 e. The number of allylic oxidation sites excluding steroid dienone is 5. The molecule has 0 saturated carbocycles. The molecule has 0 aromatic carbocycles. The second-order valence-corrected chi connectivity index (χ2v) is 9.59. The fourth-order valence-electron chi connectivity index (χ4n) is 3.76. The van der Waals surface area contributed by atoms with E-state index >= 15 is 0 Å². The van der Waals surface area contributed by atoms with E-state index in [2.05, 4.69) is 18.4 Å². The highest BCUT2D eigenvalue weighted by Gasteiger charge is 2.26. The Morgan fingerprint density at radius 2 is 1.97 bits per heavy atom. The summed E-state index contributed by atoms with van der Waals surface area (Å²) in [6, 6.07) is 0. The number of aliphatic hydroxyl groups excluding tert-OH is 1. The number of hydrogen-bond acceptors (Lipinski definition) is 6. The summed E-state index contributed by atoms with van der Waals surface area (Å²) < 4.78 is 7.34. The molecule has 0 bridgehead atoms. The SMILES string of the molecule is C=C(O)/C(=C\C=C/C)C/C=C(\C(=N)N)c1cnn(CCC2CCN(C(=O)OC(C)(C)C)CC2)c1.C=N. The number of ether oxygens (including phenoxy) is 1. The molecule has 2 rings (SSSR count). The van der Waals surface area contributed by atoms with Crippen molar-refractivity contribution in [3.8, 4) is 0 Å². The van der Waals surface area contributed by atoms with Gasteiger partial charge in [-0.15, -0.1) is 0 Å². The highest BCUT2D eigenvalue weighted by atomic mass is 16.6. The minimum absolute atomic E-state index is 0.00864. The zero-order valence-electron chi connectivity index (χ0n) is 22.1. The maximum absolute atomic E-state index is 12.2. The minimum atomic E-state index is -0.477. The minimum Gasteiger partial charge on any atom is -0.508 e. The van der Waals surface area contributed by atoms with Crippen molar-refractivity contribution in [2.75, 3.05) is 13.1 Å². The Hall–Kier alpha value is -3.62. The molecule has 0 radical (unpaired) electrons. The molecule has 5 N–H and O–H groups in total. The molecule has 1 aliphatic heterocycles. The Labute approximate surface area is 215 Å². The van der Waals surface area contributed by atoms with Crippen LogP contribution in [0.4, 0.5) is 4.79 Å². The van der Waals surface area contributed by atoms with Crippen molar-refractivity contribution in [3.63, 3.8) is 0 Å². The van der Waals surface area contributed by atoms with Gasteiger partial charge in [-0.1, -0.05) is 30.9 Å². The number of aromatic nitrogens is 2. The van der Waals surface area contributed by atoms with Crippen LogP contribution in [0.5, 0.6) is 0 Å². The monoisotopic (exact) mass is 498 g/mol. The van der Waals surface area contributed by atoms with E-state index in [0.717, 1.165) is 31.4 Å². The van der Waals surface area contributed by atoms with E-state index in [0.29, 0.717) is 36.6 Å². The van der Waals surface area contributed by atoms with Crippen LogP contribution in [0.25, 0.3) is 5.57 Å². The molecule has 198 valence electrons. The van der Waals surface area contributed by atoms with Gasteiger partial charge >= 0.3 is 6.09 Å². The lowest BCUT2D eigenvalue weighted by Gasteiger charge is -2.33. The molecule has 1 fully saturated rings. The second-order valence-electron chi connectivity index (χ2n) is 9.59. The van der Waals surface area contributed by atoms with Gasteiger partial charge in [0.15, 0.2) is 0 Å². The predicted molar refractivity (Wildman–Crippen MR) is 146 cm³/mol. The number of amidine groups is 1. The molecule has 1 aliphatic rings. The summed E-state index contributed by atoms with van der Waals surface area (Å²) in [4.78, 5) is 14.0. The topological polar surface area (TPSA) is 141 Å². The Balaban J connectivity index is 0.00000316. The molecule has 9 nitrogen and oxygen atoms in total. The second kappa shape index (κ2) is 14.7. The van der Waals surface area contributed by atoms with Crippen LogP contribution >= 0.6 is 0 Å². The van der Waals surface area contributed by atoms with E-state index in [1.54, 1.807) is 17.2 Å². The van der Waals surface area contributed by atoms with E-state index in [1.807, 2.05) is 56.8 Å². The third-order valence-electron chi connectivity index (χ3n) is 5.65. The van der Waals surface area contributed by atoms with Gasteiger partial charge in [0.2, 0.25) is 0 Å². The van der Waals surface area contributed by atoms with Crippen LogP contribution < -0.4 is 5.73 Å². The lowest BCUT2D eigenvalue weighted by atomic mass is 9.94. The van der Waals surface area contributed by atoms with Gasteiger partial charge in [0.1, 0.15) is 17.2 Å². The third kappa shape index (κ3) is 10.3. The quantitative estimate of drug-likeness (QED) is 0.155. The summed E-state index contributed by atoms with van der Waals surface area (Å²) >= 11 is 0. The lowest BCUT2D eigenvalue weighted by molar-refractivity contribution is 0.0179. The Morgan fingerprint density at radius 3 is 2.50 bits per heavy atom. The zero-order chi connectivity index (χ0) is 27.3. The molecule has 36 heavy (non-hydrogen) atoms. The van der Waals surface area contributed by atoms with E-state index in [4.69, 9.17) is 21.3 Å². The van der Waals surface area contributed by atoms with Gasteiger partial charge in [0, 0.05) is 37.0 Å². The number of nitrogens with one attached hydrogen (secondary N) is 2. The van der Waals surface area contributed by atoms with Crippen molar-refractivity contribution in [1.82, 2.24) is 14.7 Å². The first-order valence-electron chi connectivity index (χ1n) is 12.1. The molecule has 0 atom stereocenters. The number of carbonyl (C=O) groups is 1. The van der Waals surface area contributed by atoms with E-state index < -0.39 is 5.60 Å². The van der Waals surface area contributed by atoms with Crippen molar-refractivity contribution in [1.29, 1.82) is 10.8 Å². The van der Waals surface area contributed by atoms with Crippen LogP contribution in [0.3, 0.4) is 0 Å². The van der Waals surface area contributed by atoms with Gasteiger partial charge < -0.3 is 25.9 Å². The van der Waals surface area contributed by atoms with Crippen LogP contribution in [0.1, 0.15) is 58.9 Å². The molecule has 0 spiro atoms. The van der Waals surface area contributed by atoms with Crippen molar-refractivity contribution in [2.45, 2.75) is 65.5 Å². The summed E-state index contributed by atoms with van der Waals surface area (Å²) in [5.74, 6) is 0.456. The Bertz CT molecular complexity index is 976. The maximum atomic E-state index is 12.2. The number of amides is 1. The zero-order valence-corrected chi connectivity index (χ0v) is 22.1. The highest BCUT2D eigenvalue weighted by molar-refractivity contribution is 6.20. The molecular formula is C27H42N6O3. The van der Waals surface area contributed by atoms with Crippen molar-refractivity contribution in [2.24, 2.45) is 11.7 Å². The number of nitrogens with two attached hydrogens (primary N) is 1. The fraction of sp³-hybridized carbons (Fsp3) is 0.481. The van der Waals surface area contributed by atoms with Crippen molar-refractivity contribution < 1.29 is 14.6 Å². The maximum Gasteiger partial charge on any atom is 0.410 e. The number of piperidine rings is 1. The highest BCUT2D eigenvalue weighted by Crippen LogP contribution is 2.24. The number of carbonyl (C=O) groups excluding carboxylic acids is 1. The molecule has 0 aliphatic carbocycles. The van der Waals surface area contributed by atoms with Crippen molar-refractivity contribution in [3.05, 3.63) is 60.2 Å². The summed E-state index contributed by atoms with van der Waals surface area (Å²) in [7, 11) is 0. The fourth-order valence-corrected chi connectivity index (χ4v) is 3.76. The Kier molecular flexibility index (Phi) is 12.4. The van der Waals surface area contributed by atoms with E-state index in [1.165, 1.54) is 0 Å². The van der Waals surface area contributed by atoms with Gasteiger partial charge in [-0.25, -0.2) is 4.79 Å². The summed E-state index contributed by atoms with van der Waals surface area (Å²) in [6.45, 7) is 15.8. The number of likely N-dealkylation sites (tertiary alicyclic amines) is 1. The molecule has 1 aromatic heterocycles. The first-order valence-corrected chi connectivity index (χ1v) is 12.1. The third-order valence-corrected chi connectivity index (χ3v) is 5.65. The number of rotatable bonds is 9. The normalized spacial score (nSPS) is 15.4. The number of aryl methyl sites for hydroxylation is 1. The van der Waals surface area contributed by atoms with Gasteiger partial charge in [0.05, 0.1) is 6.20 Å². The molecule has 0 unspecified atom stereocenters. The van der Waals surface area contributed by atoms with E-state index in [-0.39, 0.29) is 17.7 Å². The Morgan fingerprint density at radius 1 is 1.33 bits per heavy atom. The van der Waals surface area contributed by atoms with Crippen LogP contribution in [0, 0.1) is 16.7 Å². The largest absolute Gasteiger partial charge is 0.508 e. The van der Waals surface area contributed by atoms with Crippen LogP contribution in [0.15, 0.2) is 54.6 Å². The van der Waals surface area contributed by atoms with Gasteiger partial charge in [-0.05, 0) is 71.6 Å². The van der Waals surface area contributed by atoms with Crippen molar-refractivity contribution >= 4 is 24.2 Å².